The summed E-state index contributed by atoms with van der Waals surface area (Å²) in [6.07, 6.45) is 0. The third-order valence-corrected chi connectivity index (χ3v) is 2.49. The smallest absolute Gasteiger partial charge is 0.0509 e. The zero-order valence-electron chi connectivity index (χ0n) is 6.04. The van der Waals surface area contributed by atoms with Crippen LogP contribution in [-0.2, 0) is 5.88 Å². The predicted octanol–water partition coefficient (Wildman–Crippen LogP) is 3.97. The molecule has 62 valence electrons. The van der Waals surface area contributed by atoms with E-state index in [2.05, 4.69) is 32.6 Å². The van der Waals surface area contributed by atoms with E-state index in [1.54, 1.807) is 6.07 Å². The van der Waals surface area contributed by atoms with Crippen LogP contribution in [-0.4, -0.2) is 0 Å². The molecule has 0 aliphatic carbocycles. The van der Waals surface area contributed by atoms with Gasteiger partial charge in [-0.15, -0.1) is 11.6 Å². The van der Waals surface area contributed by atoms with Gasteiger partial charge in [0.2, 0.25) is 0 Å². The number of benzene rings is 1. The van der Waals surface area contributed by atoms with Crippen molar-refractivity contribution in [1.82, 2.24) is 0 Å². The van der Waals surface area contributed by atoms with Crippen LogP contribution in [0.15, 0.2) is 23.3 Å². The number of hydrogen-bond acceptors (Lipinski definition) is 1. The summed E-state index contributed by atoms with van der Waals surface area (Å²) in [5.74, 6) is 0.479. The molecule has 0 aliphatic heterocycles. The minimum Gasteiger partial charge on any atom is -0.122 e. The maximum Gasteiger partial charge on any atom is 0.0509 e. The van der Waals surface area contributed by atoms with Gasteiger partial charge in [-0.2, -0.15) is 0 Å². The van der Waals surface area contributed by atoms with Crippen molar-refractivity contribution in [2.45, 2.75) is 5.88 Å². The lowest BCUT2D eigenvalue weighted by Crippen LogP contribution is -1.79. The molecule has 0 spiro atoms. The molecule has 3 nitrogen and oxygen atoms in total. The average molecular weight is 293 g/mol. The van der Waals surface area contributed by atoms with Gasteiger partial charge in [0, 0.05) is 14.4 Å². The number of azide groups is 1. The molecule has 1 aromatic carbocycles. The SMILES string of the molecule is [N-]=[N+]=Nc1ccc(CCl)cc1I. The maximum atomic E-state index is 8.20. The van der Waals surface area contributed by atoms with Crippen LogP contribution in [0.5, 0.6) is 0 Å². The second-order valence-corrected chi connectivity index (χ2v) is 3.54. The number of halogens is 2. The summed E-state index contributed by atoms with van der Waals surface area (Å²) in [6.45, 7) is 0. The maximum absolute atomic E-state index is 8.20. The third-order valence-electron chi connectivity index (χ3n) is 1.32. The molecule has 0 bridgehead atoms. The summed E-state index contributed by atoms with van der Waals surface area (Å²) in [6, 6.07) is 5.51. The largest absolute Gasteiger partial charge is 0.122 e. The van der Waals surface area contributed by atoms with Crippen molar-refractivity contribution in [3.05, 3.63) is 37.8 Å². The third kappa shape index (κ3) is 2.27. The molecule has 0 heterocycles. The molecular weight excluding hydrogens is 288 g/mol. The van der Waals surface area contributed by atoms with E-state index in [0.717, 1.165) is 9.13 Å². The van der Waals surface area contributed by atoms with Crippen LogP contribution >= 0.6 is 34.2 Å². The highest BCUT2D eigenvalue weighted by molar-refractivity contribution is 14.1. The molecule has 0 aliphatic rings. The van der Waals surface area contributed by atoms with Crippen LogP contribution in [0.1, 0.15) is 5.56 Å². The second-order valence-electron chi connectivity index (χ2n) is 2.11. The van der Waals surface area contributed by atoms with Crippen LogP contribution in [0.2, 0.25) is 0 Å². The Kier molecular flexibility index (Phi) is 3.65. The van der Waals surface area contributed by atoms with Gasteiger partial charge in [-0.1, -0.05) is 17.2 Å². The van der Waals surface area contributed by atoms with Gasteiger partial charge in [0.1, 0.15) is 0 Å². The van der Waals surface area contributed by atoms with E-state index in [0.29, 0.717) is 11.6 Å². The lowest BCUT2D eigenvalue weighted by molar-refractivity contribution is 1.35. The first-order chi connectivity index (χ1) is 5.77. The molecule has 0 radical (unpaired) electrons. The van der Waals surface area contributed by atoms with Gasteiger partial charge in [-0.25, -0.2) is 0 Å². The topological polar surface area (TPSA) is 48.8 Å². The molecule has 0 amide bonds. The van der Waals surface area contributed by atoms with Crippen molar-refractivity contribution in [1.29, 1.82) is 0 Å². The molecule has 0 fully saturated rings. The first kappa shape index (κ1) is 9.64. The number of nitrogens with zero attached hydrogens (tertiary/aromatic N) is 3. The highest BCUT2D eigenvalue weighted by Gasteiger charge is 1.97. The highest BCUT2D eigenvalue weighted by Crippen LogP contribution is 2.23. The van der Waals surface area contributed by atoms with Crippen molar-refractivity contribution in [2.75, 3.05) is 0 Å². The van der Waals surface area contributed by atoms with Gasteiger partial charge < -0.3 is 0 Å². The average Bonchev–Trinajstić information content (AvgIpc) is 2.09. The van der Waals surface area contributed by atoms with Gasteiger partial charge in [-0.3, -0.25) is 0 Å². The highest BCUT2D eigenvalue weighted by atomic mass is 127. The van der Waals surface area contributed by atoms with Gasteiger partial charge in [0.25, 0.3) is 0 Å². The van der Waals surface area contributed by atoms with Crippen molar-refractivity contribution < 1.29 is 0 Å². The van der Waals surface area contributed by atoms with E-state index in [9.17, 15) is 0 Å². The number of alkyl halides is 1. The lowest BCUT2D eigenvalue weighted by atomic mass is 10.2. The fourth-order valence-electron chi connectivity index (χ4n) is 0.763. The molecule has 12 heavy (non-hydrogen) atoms. The molecule has 0 N–H and O–H groups in total. The van der Waals surface area contributed by atoms with Crippen molar-refractivity contribution in [3.63, 3.8) is 0 Å². The summed E-state index contributed by atoms with van der Waals surface area (Å²) < 4.78 is 0.920. The quantitative estimate of drug-likeness (QED) is 0.260. The van der Waals surface area contributed by atoms with Gasteiger partial charge in [-0.05, 0) is 39.8 Å². The van der Waals surface area contributed by atoms with Gasteiger partial charge >= 0.3 is 0 Å². The minimum absolute atomic E-state index is 0.479. The number of hydrogen-bond donors (Lipinski definition) is 0. The van der Waals surface area contributed by atoms with E-state index < -0.39 is 0 Å². The molecule has 5 heteroatoms. The molecule has 1 rings (SSSR count). The monoisotopic (exact) mass is 293 g/mol. The van der Waals surface area contributed by atoms with Crippen molar-refractivity contribution in [2.24, 2.45) is 5.11 Å². The van der Waals surface area contributed by atoms with Crippen LogP contribution in [0.25, 0.3) is 10.4 Å². The Morgan fingerprint density at radius 3 is 2.83 bits per heavy atom. The first-order valence-electron chi connectivity index (χ1n) is 3.17. The molecule has 0 unspecified atom stereocenters. The van der Waals surface area contributed by atoms with E-state index in [1.165, 1.54) is 0 Å². The van der Waals surface area contributed by atoms with Crippen molar-refractivity contribution in [3.8, 4) is 0 Å². The van der Waals surface area contributed by atoms with Crippen LogP contribution in [0.4, 0.5) is 5.69 Å². The Balaban J connectivity index is 3.11. The second kappa shape index (κ2) is 4.54. The van der Waals surface area contributed by atoms with Crippen LogP contribution in [0.3, 0.4) is 0 Å². The van der Waals surface area contributed by atoms with E-state index in [4.69, 9.17) is 17.1 Å². The predicted molar refractivity (Wildman–Crippen MR) is 57.5 cm³/mol. The molecular formula is C7H5ClIN3. The zero-order valence-corrected chi connectivity index (χ0v) is 8.95. The molecule has 0 atom stereocenters. The summed E-state index contributed by atoms with van der Waals surface area (Å²) in [7, 11) is 0. The minimum atomic E-state index is 0.479. The molecule has 0 aromatic heterocycles. The lowest BCUT2D eigenvalue weighted by Gasteiger charge is -1.98. The normalized spacial score (nSPS) is 9.17. The summed E-state index contributed by atoms with van der Waals surface area (Å²) in [4.78, 5) is 2.71. The van der Waals surface area contributed by atoms with Crippen molar-refractivity contribution >= 4 is 39.9 Å². The van der Waals surface area contributed by atoms with Crippen LogP contribution in [0, 0.1) is 3.57 Å². The molecule has 1 aromatic rings. The Bertz CT molecular complexity index is 333. The summed E-state index contributed by atoms with van der Waals surface area (Å²) in [5.41, 5.74) is 9.87. The molecule has 0 saturated heterocycles. The molecule has 0 saturated carbocycles. The Labute approximate surface area is 88.5 Å². The van der Waals surface area contributed by atoms with E-state index in [1.807, 2.05) is 12.1 Å². The van der Waals surface area contributed by atoms with Gasteiger partial charge in [0.05, 0.1) is 5.69 Å². The Morgan fingerprint density at radius 1 is 1.58 bits per heavy atom. The number of rotatable bonds is 2. The first-order valence-corrected chi connectivity index (χ1v) is 4.78. The fraction of sp³-hybridized carbons (Fsp3) is 0.143. The Hall–Kier alpha value is -0.450. The summed E-state index contributed by atoms with van der Waals surface area (Å²) >= 11 is 7.73. The fourth-order valence-corrected chi connectivity index (χ4v) is 1.62. The zero-order chi connectivity index (χ0) is 8.97. The summed E-state index contributed by atoms with van der Waals surface area (Å²) in [5, 5.41) is 3.51. The Morgan fingerprint density at radius 2 is 2.33 bits per heavy atom. The van der Waals surface area contributed by atoms with Crippen LogP contribution < -0.4 is 0 Å². The van der Waals surface area contributed by atoms with E-state index in [-0.39, 0.29) is 0 Å². The van der Waals surface area contributed by atoms with E-state index >= 15 is 0 Å². The van der Waals surface area contributed by atoms with Gasteiger partial charge in [0.15, 0.2) is 0 Å². The standard InChI is InChI=1S/C7H5ClIN3/c8-4-5-1-2-7(11-12-10)6(9)3-5/h1-3H,4H2.